The highest BCUT2D eigenvalue weighted by molar-refractivity contribution is 5.92. The summed E-state index contributed by atoms with van der Waals surface area (Å²) in [6.45, 7) is 3.92. The maximum atomic E-state index is 12.7. The van der Waals surface area contributed by atoms with E-state index < -0.39 is 0 Å². The predicted molar refractivity (Wildman–Crippen MR) is 85.6 cm³/mol. The van der Waals surface area contributed by atoms with E-state index in [1.807, 2.05) is 23.1 Å². The number of likely N-dealkylation sites (tertiary alicyclic amines) is 1. The number of piperidine rings is 1. The van der Waals surface area contributed by atoms with E-state index in [2.05, 4.69) is 22.2 Å². The molecule has 1 saturated heterocycles. The van der Waals surface area contributed by atoms with Gasteiger partial charge >= 0.3 is 0 Å². The van der Waals surface area contributed by atoms with Crippen LogP contribution in [0, 0.1) is 5.92 Å². The summed E-state index contributed by atoms with van der Waals surface area (Å²) in [5.74, 6) is 0.520. The van der Waals surface area contributed by atoms with Gasteiger partial charge in [0.25, 0.3) is 5.91 Å². The fourth-order valence-corrected chi connectivity index (χ4v) is 3.02. The molecule has 23 heavy (non-hydrogen) atoms. The Hall–Kier alpha value is -2.28. The van der Waals surface area contributed by atoms with Crippen LogP contribution < -0.4 is 5.73 Å². The SMILES string of the molecule is CC1CCN(C(=O)c2cn(Cc3ccccn3)nn2)C(CN)C1. The van der Waals surface area contributed by atoms with E-state index in [0.717, 1.165) is 25.1 Å². The van der Waals surface area contributed by atoms with Crippen molar-refractivity contribution in [2.24, 2.45) is 11.7 Å². The van der Waals surface area contributed by atoms with Crippen molar-refractivity contribution >= 4 is 5.91 Å². The smallest absolute Gasteiger partial charge is 0.276 e. The molecule has 2 atom stereocenters. The number of rotatable bonds is 4. The van der Waals surface area contributed by atoms with Crippen LogP contribution in [0.1, 0.15) is 35.9 Å². The summed E-state index contributed by atoms with van der Waals surface area (Å²) in [7, 11) is 0. The molecule has 0 radical (unpaired) electrons. The molecule has 2 N–H and O–H groups in total. The van der Waals surface area contributed by atoms with Crippen molar-refractivity contribution in [3.8, 4) is 0 Å². The molecule has 2 aromatic rings. The van der Waals surface area contributed by atoms with Gasteiger partial charge in [0, 0.05) is 25.3 Å². The molecule has 0 aromatic carbocycles. The quantitative estimate of drug-likeness (QED) is 0.906. The van der Waals surface area contributed by atoms with Crippen LogP contribution in [0.2, 0.25) is 0 Å². The van der Waals surface area contributed by atoms with Gasteiger partial charge in [-0.05, 0) is 30.9 Å². The molecule has 2 unspecified atom stereocenters. The lowest BCUT2D eigenvalue weighted by atomic mass is 9.92. The van der Waals surface area contributed by atoms with Gasteiger partial charge in [-0.2, -0.15) is 0 Å². The molecule has 1 amide bonds. The van der Waals surface area contributed by atoms with E-state index in [0.29, 0.717) is 24.7 Å². The van der Waals surface area contributed by atoms with Gasteiger partial charge in [0.2, 0.25) is 0 Å². The number of pyridine rings is 1. The van der Waals surface area contributed by atoms with Gasteiger partial charge in [-0.25, -0.2) is 4.68 Å². The van der Waals surface area contributed by atoms with E-state index in [-0.39, 0.29) is 11.9 Å². The number of hydrogen-bond donors (Lipinski definition) is 1. The zero-order valence-electron chi connectivity index (χ0n) is 13.3. The Bertz CT molecular complexity index is 656. The summed E-state index contributed by atoms with van der Waals surface area (Å²) in [5, 5.41) is 8.07. The lowest BCUT2D eigenvalue weighted by Gasteiger charge is -2.37. The molecule has 7 nitrogen and oxygen atoms in total. The minimum Gasteiger partial charge on any atom is -0.333 e. The van der Waals surface area contributed by atoms with Gasteiger partial charge in [0.05, 0.1) is 18.4 Å². The second kappa shape index (κ2) is 6.87. The van der Waals surface area contributed by atoms with Crippen molar-refractivity contribution in [1.29, 1.82) is 0 Å². The number of nitrogens with zero attached hydrogens (tertiary/aromatic N) is 5. The first-order valence-electron chi connectivity index (χ1n) is 7.98. The van der Waals surface area contributed by atoms with Crippen LogP contribution in [-0.2, 0) is 6.54 Å². The summed E-state index contributed by atoms with van der Waals surface area (Å²) < 4.78 is 1.64. The highest BCUT2D eigenvalue weighted by atomic mass is 16.2. The topological polar surface area (TPSA) is 89.9 Å². The van der Waals surface area contributed by atoms with Crippen molar-refractivity contribution in [3.05, 3.63) is 42.0 Å². The molecule has 1 aliphatic heterocycles. The number of aromatic nitrogens is 4. The van der Waals surface area contributed by atoms with Crippen LogP contribution >= 0.6 is 0 Å². The lowest BCUT2D eigenvalue weighted by Crippen LogP contribution is -2.49. The van der Waals surface area contributed by atoms with Crippen LogP contribution in [0.15, 0.2) is 30.6 Å². The third kappa shape index (κ3) is 3.56. The van der Waals surface area contributed by atoms with Gasteiger partial charge in [0.15, 0.2) is 5.69 Å². The summed E-state index contributed by atoms with van der Waals surface area (Å²) >= 11 is 0. The number of carbonyl (C=O) groups is 1. The highest BCUT2D eigenvalue weighted by Gasteiger charge is 2.30. The molecule has 3 rings (SSSR count). The van der Waals surface area contributed by atoms with Crippen LogP contribution in [0.25, 0.3) is 0 Å². The normalized spacial score (nSPS) is 21.4. The molecule has 1 aliphatic rings. The number of hydrogen-bond acceptors (Lipinski definition) is 5. The molecule has 0 aliphatic carbocycles. The third-order valence-electron chi connectivity index (χ3n) is 4.32. The Morgan fingerprint density at radius 2 is 2.30 bits per heavy atom. The molecule has 7 heteroatoms. The molecule has 122 valence electrons. The second-order valence-corrected chi connectivity index (χ2v) is 6.14. The van der Waals surface area contributed by atoms with Crippen molar-refractivity contribution < 1.29 is 4.79 Å². The first-order valence-corrected chi connectivity index (χ1v) is 7.98. The first-order chi connectivity index (χ1) is 11.2. The monoisotopic (exact) mass is 314 g/mol. The largest absolute Gasteiger partial charge is 0.333 e. The Labute approximate surface area is 135 Å². The Kier molecular flexibility index (Phi) is 4.66. The first kappa shape index (κ1) is 15.6. The van der Waals surface area contributed by atoms with Crippen LogP contribution in [-0.4, -0.2) is 49.9 Å². The average Bonchev–Trinajstić information content (AvgIpc) is 3.03. The van der Waals surface area contributed by atoms with E-state index in [4.69, 9.17) is 5.73 Å². The zero-order valence-corrected chi connectivity index (χ0v) is 13.3. The molecule has 1 fully saturated rings. The van der Waals surface area contributed by atoms with Crippen molar-refractivity contribution in [1.82, 2.24) is 24.9 Å². The number of carbonyl (C=O) groups excluding carboxylic acids is 1. The van der Waals surface area contributed by atoms with Crippen molar-refractivity contribution in [3.63, 3.8) is 0 Å². The zero-order chi connectivity index (χ0) is 16.2. The predicted octanol–water partition coefficient (Wildman–Crippen LogP) is 0.921. The van der Waals surface area contributed by atoms with Crippen molar-refractivity contribution in [2.45, 2.75) is 32.4 Å². The molecule has 0 bridgehead atoms. The van der Waals surface area contributed by atoms with E-state index in [9.17, 15) is 4.79 Å². The van der Waals surface area contributed by atoms with Crippen molar-refractivity contribution in [2.75, 3.05) is 13.1 Å². The Morgan fingerprint density at radius 1 is 1.43 bits per heavy atom. The van der Waals surface area contributed by atoms with E-state index in [1.54, 1.807) is 17.1 Å². The summed E-state index contributed by atoms with van der Waals surface area (Å²) in [5.41, 5.74) is 7.08. The third-order valence-corrected chi connectivity index (χ3v) is 4.32. The summed E-state index contributed by atoms with van der Waals surface area (Å²) in [6, 6.07) is 5.79. The Balaban J connectivity index is 1.70. The Morgan fingerprint density at radius 3 is 3.04 bits per heavy atom. The summed E-state index contributed by atoms with van der Waals surface area (Å²) in [4.78, 5) is 18.8. The maximum absolute atomic E-state index is 12.7. The number of amides is 1. The van der Waals surface area contributed by atoms with Gasteiger partial charge in [-0.1, -0.05) is 18.2 Å². The van der Waals surface area contributed by atoms with Crippen LogP contribution in [0.4, 0.5) is 0 Å². The second-order valence-electron chi connectivity index (χ2n) is 6.14. The fraction of sp³-hybridized carbons (Fsp3) is 0.500. The number of nitrogens with two attached hydrogens (primary N) is 1. The van der Waals surface area contributed by atoms with Gasteiger partial charge in [0.1, 0.15) is 0 Å². The standard InChI is InChI=1S/C16H22N6O/c1-12-5-7-22(14(8-12)9-17)16(23)15-11-21(20-19-15)10-13-4-2-3-6-18-13/h2-4,6,11-12,14H,5,7-10,17H2,1H3. The molecule has 0 spiro atoms. The van der Waals surface area contributed by atoms with Gasteiger partial charge < -0.3 is 10.6 Å². The molecular formula is C16H22N6O. The minimum atomic E-state index is -0.0837. The van der Waals surface area contributed by atoms with Crippen LogP contribution in [0.5, 0.6) is 0 Å². The molecule has 2 aromatic heterocycles. The molecule has 3 heterocycles. The molecular weight excluding hydrogens is 292 g/mol. The maximum Gasteiger partial charge on any atom is 0.276 e. The highest BCUT2D eigenvalue weighted by Crippen LogP contribution is 2.23. The van der Waals surface area contributed by atoms with Gasteiger partial charge in [-0.15, -0.1) is 5.10 Å². The minimum absolute atomic E-state index is 0.0837. The van der Waals surface area contributed by atoms with E-state index in [1.165, 1.54) is 0 Å². The van der Waals surface area contributed by atoms with Gasteiger partial charge in [-0.3, -0.25) is 9.78 Å². The van der Waals surface area contributed by atoms with E-state index >= 15 is 0 Å². The fourth-order valence-electron chi connectivity index (χ4n) is 3.02. The average molecular weight is 314 g/mol. The van der Waals surface area contributed by atoms with Crippen LogP contribution in [0.3, 0.4) is 0 Å². The lowest BCUT2D eigenvalue weighted by molar-refractivity contribution is 0.0567. The molecule has 0 saturated carbocycles. The summed E-state index contributed by atoms with van der Waals surface area (Å²) in [6.07, 6.45) is 5.37.